The van der Waals surface area contributed by atoms with Gasteiger partial charge in [0.05, 0.1) is 19.0 Å². The molecule has 0 aliphatic heterocycles. The lowest BCUT2D eigenvalue weighted by atomic mass is 10.1. The van der Waals surface area contributed by atoms with E-state index in [-0.39, 0.29) is 11.4 Å². The van der Waals surface area contributed by atoms with Crippen LogP contribution in [-0.4, -0.2) is 26.4 Å². The van der Waals surface area contributed by atoms with Crippen molar-refractivity contribution < 1.29 is 9.84 Å². The zero-order valence-corrected chi connectivity index (χ0v) is 16.3. The predicted molar refractivity (Wildman–Crippen MR) is 116 cm³/mol. The van der Waals surface area contributed by atoms with E-state index in [2.05, 4.69) is 4.98 Å². The number of hydrogen-bond donors (Lipinski definition) is 1. The highest BCUT2D eigenvalue weighted by Crippen LogP contribution is 2.32. The van der Waals surface area contributed by atoms with Gasteiger partial charge in [-0.1, -0.05) is 60.7 Å². The Bertz CT molecular complexity index is 1440. The molecule has 0 saturated carbocycles. The van der Waals surface area contributed by atoms with Gasteiger partial charge in [-0.25, -0.2) is 9.20 Å². The Hall–Kier alpha value is -4.06. The summed E-state index contributed by atoms with van der Waals surface area (Å²) in [5.74, 6) is 1.02. The van der Waals surface area contributed by atoms with Gasteiger partial charge in [0.2, 0.25) is 5.88 Å². The van der Waals surface area contributed by atoms with Crippen LogP contribution >= 0.6 is 0 Å². The Morgan fingerprint density at radius 2 is 1.67 bits per heavy atom. The van der Waals surface area contributed by atoms with Gasteiger partial charge in [0.1, 0.15) is 11.3 Å². The van der Waals surface area contributed by atoms with E-state index in [1.807, 2.05) is 72.8 Å². The summed E-state index contributed by atoms with van der Waals surface area (Å²) in [7, 11) is 1.60. The van der Waals surface area contributed by atoms with Gasteiger partial charge in [-0.15, -0.1) is 0 Å². The maximum absolute atomic E-state index is 13.5. The summed E-state index contributed by atoms with van der Waals surface area (Å²) < 4.78 is 8.68. The fourth-order valence-electron chi connectivity index (χ4n) is 3.82. The molecule has 0 spiro atoms. The molecule has 0 amide bonds. The lowest BCUT2D eigenvalue weighted by Gasteiger charge is -2.14. The Kier molecular flexibility index (Phi) is 4.25. The van der Waals surface area contributed by atoms with Crippen LogP contribution in [0.1, 0.15) is 5.56 Å². The molecule has 1 N–H and O–H groups in total. The normalized spacial score (nSPS) is 11.2. The van der Waals surface area contributed by atoms with Crippen LogP contribution in [-0.2, 0) is 6.54 Å². The van der Waals surface area contributed by atoms with E-state index in [0.29, 0.717) is 34.4 Å². The average molecular weight is 397 g/mol. The number of rotatable bonds is 4. The zero-order valence-electron chi connectivity index (χ0n) is 16.3. The quantitative estimate of drug-likeness (QED) is 0.496. The van der Waals surface area contributed by atoms with Gasteiger partial charge in [0.15, 0.2) is 5.82 Å². The fourth-order valence-corrected chi connectivity index (χ4v) is 3.82. The molecule has 0 atom stereocenters. The van der Waals surface area contributed by atoms with E-state index in [0.717, 1.165) is 11.1 Å². The zero-order chi connectivity index (χ0) is 20.7. The molecule has 0 bridgehead atoms. The number of aromatic nitrogens is 3. The molecule has 0 aliphatic carbocycles. The molecule has 3 aromatic carbocycles. The maximum Gasteiger partial charge on any atom is 0.273 e. The first kappa shape index (κ1) is 18.0. The standard InChI is InChI=1S/C24H19N3O3/c1-30-18-11-7-10-17(14-18)22-25-23(28)21-19-12-5-6-13-20(19)24(29)26(27(21)22)15-16-8-3-2-4-9-16/h2-14,28H,15H2,1H3. The number of fused-ring (bicyclic) bond motifs is 3. The third-order valence-electron chi connectivity index (χ3n) is 5.23. The first-order chi connectivity index (χ1) is 14.7. The molecule has 0 saturated heterocycles. The molecule has 0 aliphatic rings. The van der Waals surface area contributed by atoms with Gasteiger partial charge >= 0.3 is 0 Å². The van der Waals surface area contributed by atoms with Crippen LogP contribution in [0, 0.1) is 0 Å². The first-order valence-electron chi connectivity index (χ1n) is 9.59. The van der Waals surface area contributed by atoms with E-state index in [1.165, 1.54) is 0 Å². The minimum Gasteiger partial charge on any atom is -0.497 e. The largest absolute Gasteiger partial charge is 0.497 e. The average Bonchev–Trinajstić information content (AvgIpc) is 3.14. The number of hydrogen-bond acceptors (Lipinski definition) is 4. The number of benzene rings is 3. The first-order valence-corrected chi connectivity index (χ1v) is 9.59. The Morgan fingerprint density at radius 3 is 2.43 bits per heavy atom. The van der Waals surface area contributed by atoms with Crippen molar-refractivity contribution in [3.05, 3.63) is 94.8 Å². The topological polar surface area (TPSA) is 68.8 Å². The van der Waals surface area contributed by atoms with Crippen molar-refractivity contribution in [2.75, 3.05) is 7.11 Å². The molecule has 0 fully saturated rings. The smallest absolute Gasteiger partial charge is 0.273 e. The van der Waals surface area contributed by atoms with Gasteiger partial charge in [-0.3, -0.25) is 4.79 Å². The van der Waals surface area contributed by atoms with Gasteiger partial charge in [0.25, 0.3) is 5.56 Å². The van der Waals surface area contributed by atoms with Crippen molar-refractivity contribution in [3.8, 4) is 23.0 Å². The highest BCUT2D eigenvalue weighted by atomic mass is 16.5. The SMILES string of the molecule is COc1cccc(-c2nc(O)c3c4ccccc4c(=O)n(Cc4ccccc4)n23)c1. The van der Waals surface area contributed by atoms with Crippen molar-refractivity contribution in [2.45, 2.75) is 6.54 Å². The van der Waals surface area contributed by atoms with E-state index < -0.39 is 0 Å². The van der Waals surface area contributed by atoms with Crippen LogP contribution < -0.4 is 10.3 Å². The van der Waals surface area contributed by atoms with Crippen LogP contribution in [0.4, 0.5) is 0 Å². The summed E-state index contributed by atoms with van der Waals surface area (Å²) in [5.41, 5.74) is 2.06. The molecule has 30 heavy (non-hydrogen) atoms. The number of imidazole rings is 1. The summed E-state index contributed by atoms with van der Waals surface area (Å²) in [5, 5.41) is 12.0. The highest BCUT2D eigenvalue weighted by molar-refractivity contribution is 5.98. The molecular weight excluding hydrogens is 378 g/mol. The molecule has 6 heteroatoms. The number of aromatic hydroxyl groups is 1. The van der Waals surface area contributed by atoms with Gasteiger partial charge < -0.3 is 9.84 Å². The Labute approximate surface area is 172 Å². The summed E-state index contributed by atoms with van der Waals surface area (Å²) in [6.07, 6.45) is 0. The Balaban J connectivity index is 1.90. The van der Waals surface area contributed by atoms with Crippen LogP contribution in [0.25, 0.3) is 27.7 Å². The molecule has 2 aromatic heterocycles. The van der Waals surface area contributed by atoms with Crippen molar-refractivity contribution in [3.63, 3.8) is 0 Å². The molecular formula is C24H19N3O3. The lowest BCUT2D eigenvalue weighted by molar-refractivity contribution is 0.415. The molecule has 6 nitrogen and oxygen atoms in total. The van der Waals surface area contributed by atoms with Gasteiger partial charge in [-0.2, -0.15) is 4.98 Å². The van der Waals surface area contributed by atoms with Crippen LogP contribution in [0.5, 0.6) is 11.6 Å². The Morgan fingerprint density at radius 1 is 0.933 bits per heavy atom. The molecule has 148 valence electrons. The van der Waals surface area contributed by atoms with Crippen molar-refractivity contribution in [1.29, 1.82) is 0 Å². The highest BCUT2D eigenvalue weighted by Gasteiger charge is 2.20. The predicted octanol–water partition coefficient (Wildman–Crippen LogP) is 4.08. The second-order valence-corrected chi connectivity index (χ2v) is 7.05. The third kappa shape index (κ3) is 2.81. The minimum atomic E-state index is -0.150. The monoisotopic (exact) mass is 397 g/mol. The van der Waals surface area contributed by atoms with Crippen molar-refractivity contribution >= 4 is 16.3 Å². The summed E-state index contributed by atoms with van der Waals surface area (Å²) >= 11 is 0. The summed E-state index contributed by atoms with van der Waals surface area (Å²) in [6.45, 7) is 0.341. The van der Waals surface area contributed by atoms with Crippen molar-refractivity contribution in [1.82, 2.24) is 14.2 Å². The van der Waals surface area contributed by atoms with E-state index in [4.69, 9.17) is 4.74 Å². The third-order valence-corrected chi connectivity index (χ3v) is 5.23. The van der Waals surface area contributed by atoms with Crippen LogP contribution in [0.2, 0.25) is 0 Å². The van der Waals surface area contributed by atoms with Gasteiger partial charge in [0, 0.05) is 10.9 Å². The second kappa shape index (κ2) is 7.08. The molecule has 2 heterocycles. The molecule has 5 aromatic rings. The number of nitrogens with zero attached hydrogens (tertiary/aromatic N) is 3. The molecule has 0 radical (unpaired) electrons. The van der Waals surface area contributed by atoms with E-state index >= 15 is 0 Å². The van der Waals surface area contributed by atoms with Crippen LogP contribution in [0.3, 0.4) is 0 Å². The van der Waals surface area contributed by atoms with E-state index in [1.54, 1.807) is 22.4 Å². The van der Waals surface area contributed by atoms with Crippen LogP contribution in [0.15, 0.2) is 83.7 Å². The van der Waals surface area contributed by atoms with Crippen molar-refractivity contribution in [2.24, 2.45) is 0 Å². The molecule has 5 rings (SSSR count). The summed E-state index contributed by atoms with van der Waals surface area (Å²) in [6, 6.07) is 24.4. The molecule has 0 unspecified atom stereocenters. The number of methoxy groups -OCH3 is 1. The fraction of sp³-hybridized carbons (Fsp3) is 0.0833. The minimum absolute atomic E-state index is 0.120. The second-order valence-electron chi connectivity index (χ2n) is 7.05. The summed E-state index contributed by atoms with van der Waals surface area (Å²) in [4.78, 5) is 17.9. The number of ether oxygens (including phenoxy) is 1. The maximum atomic E-state index is 13.5. The lowest BCUT2D eigenvalue weighted by Crippen LogP contribution is -2.27. The van der Waals surface area contributed by atoms with E-state index in [9.17, 15) is 9.90 Å². The van der Waals surface area contributed by atoms with Gasteiger partial charge in [-0.05, 0) is 23.8 Å².